The van der Waals surface area contributed by atoms with E-state index in [1.54, 1.807) is 24.3 Å². The molecular weight excluding hydrogens is 332 g/mol. The Morgan fingerprint density at radius 3 is 2.54 bits per heavy atom. The molecule has 1 aliphatic heterocycles. The number of benzene rings is 1. The van der Waals surface area contributed by atoms with Crippen molar-refractivity contribution < 1.29 is 14.1 Å². The summed E-state index contributed by atoms with van der Waals surface area (Å²) in [6.07, 6.45) is 1.03. The van der Waals surface area contributed by atoms with E-state index < -0.39 is 11.6 Å². The van der Waals surface area contributed by atoms with E-state index >= 15 is 0 Å². The van der Waals surface area contributed by atoms with Gasteiger partial charge in [0, 0.05) is 11.4 Å². The molecule has 1 saturated heterocycles. The molecule has 8 heteroatoms. The van der Waals surface area contributed by atoms with Gasteiger partial charge in [0.05, 0.1) is 0 Å². The Morgan fingerprint density at radius 2 is 1.96 bits per heavy atom. The molecule has 2 heterocycles. The zero-order valence-corrected chi connectivity index (χ0v) is 14.1. The number of carbonyl (C=O) groups is 2. The van der Waals surface area contributed by atoms with Crippen LogP contribution in [0, 0.1) is 0 Å². The van der Waals surface area contributed by atoms with Crippen LogP contribution in [0.15, 0.2) is 28.8 Å². The van der Waals surface area contributed by atoms with Crippen molar-refractivity contribution in [2.75, 3.05) is 0 Å². The number of carbonyl (C=O) groups excluding carboxylic acids is 2. The highest BCUT2D eigenvalue weighted by Crippen LogP contribution is 2.33. The lowest BCUT2D eigenvalue weighted by molar-refractivity contribution is -0.132. The highest BCUT2D eigenvalue weighted by Gasteiger charge is 2.51. The lowest BCUT2D eigenvalue weighted by Gasteiger charge is -2.25. The van der Waals surface area contributed by atoms with Crippen LogP contribution >= 0.6 is 11.6 Å². The second-order valence-corrected chi connectivity index (χ2v) is 5.98. The van der Waals surface area contributed by atoms with Crippen molar-refractivity contribution in [3.8, 4) is 0 Å². The van der Waals surface area contributed by atoms with E-state index in [4.69, 9.17) is 16.1 Å². The van der Waals surface area contributed by atoms with E-state index in [9.17, 15) is 9.59 Å². The summed E-state index contributed by atoms with van der Waals surface area (Å²) in [6, 6.07) is 6.40. The third-order valence-corrected chi connectivity index (χ3v) is 4.41. The van der Waals surface area contributed by atoms with Gasteiger partial charge in [-0.05, 0) is 24.1 Å². The van der Waals surface area contributed by atoms with Crippen molar-refractivity contribution in [2.45, 2.75) is 38.8 Å². The van der Waals surface area contributed by atoms with Crippen LogP contribution < -0.4 is 5.32 Å². The van der Waals surface area contributed by atoms with E-state index in [2.05, 4.69) is 15.5 Å². The van der Waals surface area contributed by atoms with Crippen LogP contribution in [0.4, 0.5) is 4.79 Å². The third kappa shape index (κ3) is 2.65. The second-order valence-electron chi connectivity index (χ2n) is 5.55. The summed E-state index contributed by atoms with van der Waals surface area (Å²) in [6.45, 7) is 3.69. The maximum absolute atomic E-state index is 13.0. The molecule has 3 amide bonds. The Hall–Kier alpha value is -2.41. The van der Waals surface area contributed by atoms with Gasteiger partial charge in [-0.1, -0.05) is 42.7 Å². The maximum atomic E-state index is 13.0. The van der Waals surface area contributed by atoms with Crippen LogP contribution in [0.25, 0.3) is 0 Å². The van der Waals surface area contributed by atoms with Gasteiger partial charge in [-0.15, -0.1) is 0 Å². The smallest absolute Gasteiger partial charge is 0.325 e. The molecule has 0 radical (unpaired) electrons. The fraction of sp³-hybridized carbons (Fsp3) is 0.375. The van der Waals surface area contributed by atoms with Crippen molar-refractivity contribution in [1.29, 1.82) is 0 Å². The minimum atomic E-state index is -1.10. The number of aryl methyl sites for hydroxylation is 1. The predicted octanol–water partition coefficient (Wildman–Crippen LogP) is 2.64. The normalized spacial score (nSPS) is 20.5. The average Bonchev–Trinajstić information content (AvgIpc) is 3.14. The van der Waals surface area contributed by atoms with E-state index in [-0.39, 0.29) is 18.3 Å². The van der Waals surface area contributed by atoms with Crippen LogP contribution in [0.5, 0.6) is 0 Å². The quantitative estimate of drug-likeness (QED) is 0.839. The molecule has 0 spiro atoms. The van der Waals surface area contributed by atoms with Crippen LogP contribution in [-0.4, -0.2) is 27.0 Å². The van der Waals surface area contributed by atoms with Gasteiger partial charge >= 0.3 is 6.03 Å². The number of nitrogens with zero attached hydrogens (tertiary/aromatic N) is 3. The first-order valence-electron chi connectivity index (χ1n) is 7.71. The summed E-state index contributed by atoms with van der Waals surface area (Å²) in [5.74, 6) is 0.434. The van der Waals surface area contributed by atoms with Crippen molar-refractivity contribution >= 4 is 23.5 Å². The second kappa shape index (κ2) is 6.24. The molecule has 1 atom stereocenters. The minimum Gasteiger partial charge on any atom is -0.337 e. The monoisotopic (exact) mass is 348 g/mol. The van der Waals surface area contributed by atoms with Crippen molar-refractivity contribution in [3.05, 3.63) is 46.6 Å². The first-order valence-corrected chi connectivity index (χ1v) is 8.09. The van der Waals surface area contributed by atoms with Crippen LogP contribution in [0.2, 0.25) is 5.02 Å². The number of nitrogens with one attached hydrogen (secondary N) is 1. The zero-order valence-electron chi connectivity index (χ0n) is 13.4. The van der Waals surface area contributed by atoms with Crippen LogP contribution in [-0.2, 0) is 23.3 Å². The van der Waals surface area contributed by atoms with E-state index in [1.807, 2.05) is 13.8 Å². The Labute approximate surface area is 144 Å². The number of aromatic nitrogens is 2. The van der Waals surface area contributed by atoms with E-state index in [1.165, 1.54) is 0 Å². The van der Waals surface area contributed by atoms with E-state index in [0.717, 1.165) is 4.90 Å². The van der Waals surface area contributed by atoms with Crippen LogP contribution in [0.1, 0.15) is 37.5 Å². The number of imide groups is 1. The van der Waals surface area contributed by atoms with Crippen LogP contribution in [0.3, 0.4) is 0 Å². The SMILES string of the molecule is CCc1noc(CN2C(=O)NC(CC)(c3ccc(Cl)cc3)C2=O)n1. The van der Waals surface area contributed by atoms with Gasteiger partial charge in [0.2, 0.25) is 5.89 Å². The summed E-state index contributed by atoms with van der Waals surface area (Å²) in [7, 11) is 0. The largest absolute Gasteiger partial charge is 0.337 e. The maximum Gasteiger partial charge on any atom is 0.325 e. The molecule has 126 valence electrons. The van der Waals surface area contributed by atoms with Crippen molar-refractivity contribution in [2.24, 2.45) is 0 Å². The fourth-order valence-electron chi connectivity index (χ4n) is 2.78. The summed E-state index contributed by atoms with van der Waals surface area (Å²) >= 11 is 5.91. The molecule has 1 fully saturated rings. The Morgan fingerprint density at radius 1 is 1.25 bits per heavy atom. The Kier molecular flexibility index (Phi) is 4.28. The molecule has 2 aromatic rings. The predicted molar refractivity (Wildman–Crippen MR) is 86.2 cm³/mol. The number of urea groups is 1. The highest BCUT2D eigenvalue weighted by atomic mass is 35.5. The molecule has 1 N–H and O–H groups in total. The molecule has 0 bridgehead atoms. The number of hydrogen-bond donors (Lipinski definition) is 1. The fourth-order valence-corrected chi connectivity index (χ4v) is 2.90. The Bertz CT molecular complexity index is 774. The zero-order chi connectivity index (χ0) is 17.3. The summed E-state index contributed by atoms with van der Waals surface area (Å²) in [5.41, 5.74) is -0.412. The Balaban J connectivity index is 1.90. The molecular formula is C16H17ClN4O3. The van der Waals surface area contributed by atoms with Gasteiger partial charge in [0.1, 0.15) is 12.1 Å². The number of hydrogen-bond acceptors (Lipinski definition) is 5. The molecule has 0 saturated carbocycles. The molecule has 1 aromatic heterocycles. The lowest BCUT2D eigenvalue weighted by Crippen LogP contribution is -2.43. The molecule has 1 unspecified atom stereocenters. The number of rotatable bonds is 5. The summed E-state index contributed by atoms with van der Waals surface area (Å²) < 4.78 is 5.08. The number of amides is 3. The van der Waals surface area contributed by atoms with Gasteiger partial charge in [-0.2, -0.15) is 4.98 Å². The first kappa shape index (κ1) is 16.4. The van der Waals surface area contributed by atoms with Gasteiger partial charge in [0.15, 0.2) is 5.82 Å². The molecule has 0 aliphatic carbocycles. The molecule has 1 aliphatic rings. The molecule has 3 rings (SSSR count). The van der Waals surface area contributed by atoms with Crippen molar-refractivity contribution in [3.63, 3.8) is 0 Å². The van der Waals surface area contributed by atoms with Gasteiger partial charge in [-0.25, -0.2) is 4.79 Å². The minimum absolute atomic E-state index is 0.0486. The van der Waals surface area contributed by atoms with E-state index in [0.29, 0.717) is 29.3 Å². The highest BCUT2D eigenvalue weighted by molar-refractivity contribution is 6.30. The standard InChI is InChI=1S/C16H17ClN4O3/c1-3-12-18-13(24-20-12)9-21-14(22)16(4-2,19-15(21)23)10-5-7-11(17)8-6-10/h5-8H,3-4,9H2,1-2H3,(H,19,23). The molecule has 1 aromatic carbocycles. The number of halogens is 1. The van der Waals surface area contributed by atoms with Gasteiger partial charge in [0.25, 0.3) is 5.91 Å². The first-order chi connectivity index (χ1) is 11.5. The van der Waals surface area contributed by atoms with Gasteiger partial charge in [-0.3, -0.25) is 9.69 Å². The average molecular weight is 349 g/mol. The molecule has 24 heavy (non-hydrogen) atoms. The topological polar surface area (TPSA) is 88.3 Å². The van der Waals surface area contributed by atoms with Gasteiger partial charge < -0.3 is 9.84 Å². The molecule has 7 nitrogen and oxygen atoms in total. The summed E-state index contributed by atoms with van der Waals surface area (Å²) in [5, 5.41) is 7.15. The summed E-state index contributed by atoms with van der Waals surface area (Å²) in [4.78, 5) is 30.6. The lowest BCUT2D eigenvalue weighted by atomic mass is 9.87. The third-order valence-electron chi connectivity index (χ3n) is 4.16. The van der Waals surface area contributed by atoms with Crippen molar-refractivity contribution in [1.82, 2.24) is 20.4 Å².